The number of aliphatic hydroxyl groups excluding tert-OH is 1. The van der Waals surface area contributed by atoms with E-state index in [1.165, 1.54) is 0 Å². The molecule has 0 aliphatic carbocycles. The molecule has 7 nitrogen and oxygen atoms in total. The van der Waals surface area contributed by atoms with E-state index < -0.39 is 32.4 Å². The minimum Gasteiger partial charge on any atom is -0.416 e. The third kappa shape index (κ3) is 7.32. The zero-order valence-electron chi connectivity index (χ0n) is 26.0. The summed E-state index contributed by atoms with van der Waals surface area (Å²) in [6.45, 7) is 23.9. The fourth-order valence-corrected chi connectivity index (χ4v) is 6.97. The van der Waals surface area contributed by atoms with E-state index in [2.05, 4.69) is 59.8 Å². The molecule has 2 aliphatic rings. The van der Waals surface area contributed by atoms with Crippen LogP contribution in [0.1, 0.15) is 80.6 Å². The first-order valence-corrected chi connectivity index (χ1v) is 17.5. The maximum atomic E-state index is 12.0. The quantitative estimate of drug-likeness (QED) is 0.324. The van der Waals surface area contributed by atoms with E-state index in [1.54, 1.807) is 6.92 Å². The van der Waals surface area contributed by atoms with Crippen LogP contribution in [0.4, 0.5) is 0 Å². The van der Waals surface area contributed by atoms with Gasteiger partial charge >= 0.3 is 0 Å². The summed E-state index contributed by atoms with van der Waals surface area (Å²) in [6, 6.07) is 9.94. The second-order valence-electron chi connectivity index (χ2n) is 13.9. The van der Waals surface area contributed by atoms with Crippen LogP contribution in [0.25, 0.3) is 0 Å². The lowest BCUT2D eigenvalue weighted by molar-refractivity contribution is -0.313. The number of rotatable bonds is 10. The summed E-state index contributed by atoms with van der Waals surface area (Å²) in [5.74, 6) is -0.0412. The van der Waals surface area contributed by atoms with Crippen molar-refractivity contribution in [1.82, 2.24) is 0 Å². The lowest BCUT2D eigenvalue weighted by Crippen LogP contribution is -2.56. The molecule has 2 heterocycles. The molecule has 2 N–H and O–H groups in total. The number of hydrogen-bond acceptors (Lipinski definition) is 7. The Morgan fingerprint density at radius 2 is 1.62 bits per heavy atom. The van der Waals surface area contributed by atoms with Gasteiger partial charge in [-0.05, 0) is 38.4 Å². The predicted molar refractivity (Wildman–Crippen MR) is 158 cm³/mol. The van der Waals surface area contributed by atoms with Gasteiger partial charge < -0.3 is 29.0 Å². The van der Waals surface area contributed by atoms with Crippen molar-refractivity contribution in [2.75, 3.05) is 6.61 Å². The Morgan fingerprint density at radius 1 is 1.00 bits per heavy atom. The molecule has 1 aromatic carbocycles. The van der Waals surface area contributed by atoms with E-state index in [1.807, 2.05) is 44.2 Å². The number of hydrogen-bond donors (Lipinski definition) is 2. The smallest absolute Gasteiger partial charge is 0.191 e. The highest BCUT2D eigenvalue weighted by molar-refractivity contribution is 6.74. The first-order valence-electron chi connectivity index (χ1n) is 14.6. The van der Waals surface area contributed by atoms with E-state index >= 15 is 0 Å². The highest BCUT2D eigenvalue weighted by Crippen LogP contribution is 2.43. The van der Waals surface area contributed by atoms with Crippen LogP contribution in [0.3, 0.4) is 0 Å². The standard InChI is InChI=1S/C31H53NO6Si/c1-19(25-21(3)27(23(5)33)38-32-25)17-31(9,34)28-22(4)26(20(2)18-35-39(10,11)30(6,7)8)36-29(37-28)24-15-13-12-14-16-24/h12-16,19-23,26-29,33-34H,17-18H2,1-11H3/t19-,20+,21+,22+,23-,26-,27-,28-,29-,31-/m1/s1. The highest BCUT2D eigenvalue weighted by Gasteiger charge is 2.49. The highest BCUT2D eigenvalue weighted by atomic mass is 28.4. The summed E-state index contributed by atoms with van der Waals surface area (Å²) >= 11 is 0. The van der Waals surface area contributed by atoms with Crippen LogP contribution in [-0.2, 0) is 18.7 Å². The maximum Gasteiger partial charge on any atom is 0.191 e. The molecular formula is C31H53NO6Si. The van der Waals surface area contributed by atoms with Gasteiger partial charge in [-0.2, -0.15) is 0 Å². The summed E-state index contributed by atoms with van der Waals surface area (Å²) < 4.78 is 19.8. The molecule has 1 aromatic rings. The molecule has 2 aliphatic heterocycles. The van der Waals surface area contributed by atoms with Crippen molar-refractivity contribution in [2.24, 2.45) is 28.8 Å². The summed E-state index contributed by atoms with van der Waals surface area (Å²) in [5.41, 5.74) is 0.648. The molecule has 0 aromatic heterocycles. The van der Waals surface area contributed by atoms with Crippen LogP contribution in [0, 0.1) is 23.7 Å². The molecule has 0 spiro atoms. The van der Waals surface area contributed by atoms with Gasteiger partial charge in [0.25, 0.3) is 0 Å². The van der Waals surface area contributed by atoms with Crippen molar-refractivity contribution in [2.45, 2.75) is 123 Å². The second kappa shape index (κ2) is 12.3. The zero-order chi connectivity index (χ0) is 29.3. The molecule has 1 saturated heterocycles. The van der Waals surface area contributed by atoms with Gasteiger partial charge in [0.05, 0.1) is 29.6 Å². The summed E-state index contributed by atoms with van der Waals surface area (Å²) in [7, 11) is -1.92. The van der Waals surface area contributed by atoms with Gasteiger partial charge in [0.2, 0.25) is 0 Å². The molecule has 8 heteroatoms. The van der Waals surface area contributed by atoms with E-state index in [4.69, 9.17) is 18.7 Å². The van der Waals surface area contributed by atoms with E-state index in [0.717, 1.165) is 11.3 Å². The van der Waals surface area contributed by atoms with Gasteiger partial charge in [0.15, 0.2) is 20.7 Å². The monoisotopic (exact) mass is 563 g/mol. The Labute approximate surface area is 237 Å². The summed E-state index contributed by atoms with van der Waals surface area (Å²) in [5, 5.41) is 26.5. The lowest BCUT2D eigenvalue weighted by atomic mass is 9.75. The average molecular weight is 564 g/mol. The molecule has 0 bridgehead atoms. The Bertz CT molecular complexity index is 960. The minimum atomic E-state index is -1.92. The van der Waals surface area contributed by atoms with Crippen LogP contribution >= 0.6 is 0 Å². The third-order valence-electron chi connectivity index (χ3n) is 9.24. The van der Waals surface area contributed by atoms with Crippen molar-refractivity contribution in [3.8, 4) is 0 Å². The number of nitrogens with zero attached hydrogens (tertiary/aromatic N) is 1. The van der Waals surface area contributed by atoms with Crippen LogP contribution < -0.4 is 0 Å². The Hall–Kier alpha value is -1.29. The zero-order valence-corrected chi connectivity index (χ0v) is 27.0. The fraction of sp³-hybridized carbons (Fsp3) is 0.774. The maximum absolute atomic E-state index is 12.0. The minimum absolute atomic E-state index is 0.0267. The van der Waals surface area contributed by atoms with Crippen molar-refractivity contribution in [3.63, 3.8) is 0 Å². The van der Waals surface area contributed by atoms with Crippen LogP contribution in [0.5, 0.6) is 0 Å². The van der Waals surface area contributed by atoms with Crippen LogP contribution in [-0.4, -0.2) is 60.9 Å². The largest absolute Gasteiger partial charge is 0.416 e. The summed E-state index contributed by atoms with van der Waals surface area (Å²) in [4.78, 5) is 5.54. The Balaban J connectivity index is 1.82. The molecule has 0 amide bonds. The Morgan fingerprint density at radius 3 is 2.15 bits per heavy atom. The van der Waals surface area contributed by atoms with Crippen LogP contribution in [0.15, 0.2) is 35.5 Å². The van der Waals surface area contributed by atoms with Crippen molar-refractivity contribution in [1.29, 1.82) is 0 Å². The van der Waals surface area contributed by atoms with Crippen molar-refractivity contribution >= 4 is 14.0 Å². The van der Waals surface area contributed by atoms with Gasteiger partial charge in [-0.3, -0.25) is 0 Å². The van der Waals surface area contributed by atoms with Crippen molar-refractivity contribution < 1.29 is 29.0 Å². The molecule has 222 valence electrons. The van der Waals surface area contributed by atoms with Crippen molar-refractivity contribution in [3.05, 3.63) is 35.9 Å². The topological polar surface area (TPSA) is 89.7 Å². The number of oxime groups is 1. The summed E-state index contributed by atoms with van der Waals surface area (Å²) in [6.07, 6.45) is -1.74. The van der Waals surface area contributed by atoms with E-state index in [0.29, 0.717) is 13.0 Å². The third-order valence-corrected chi connectivity index (χ3v) is 13.7. The molecular weight excluding hydrogens is 510 g/mol. The first-order chi connectivity index (χ1) is 18.0. The molecule has 0 saturated carbocycles. The fourth-order valence-electron chi connectivity index (χ4n) is 5.86. The van der Waals surface area contributed by atoms with Gasteiger partial charge in [-0.15, -0.1) is 0 Å². The molecule has 10 atom stereocenters. The molecule has 0 unspecified atom stereocenters. The molecule has 1 fully saturated rings. The first kappa shape index (κ1) is 32.2. The van der Waals surface area contributed by atoms with Gasteiger partial charge in [0.1, 0.15) is 0 Å². The van der Waals surface area contributed by atoms with Gasteiger partial charge in [-0.1, -0.05) is 84.0 Å². The normalized spacial score (nSPS) is 32.1. The van der Waals surface area contributed by atoms with Crippen LogP contribution in [0.2, 0.25) is 18.1 Å². The van der Waals surface area contributed by atoms with E-state index in [-0.39, 0.29) is 40.9 Å². The second-order valence-corrected chi connectivity index (χ2v) is 18.7. The molecule has 0 radical (unpaired) electrons. The number of aliphatic hydroxyl groups is 2. The average Bonchev–Trinajstić information content (AvgIpc) is 3.24. The number of benzene rings is 1. The molecule has 39 heavy (non-hydrogen) atoms. The van der Waals surface area contributed by atoms with Gasteiger partial charge in [-0.25, -0.2) is 0 Å². The lowest BCUT2D eigenvalue weighted by Gasteiger charge is -2.49. The number of ether oxygens (including phenoxy) is 2. The van der Waals surface area contributed by atoms with Gasteiger partial charge in [0, 0.05) is 35.8 Å². The predicted octanol–water partition coefficient (Wildman–Crippen LogP) is 6.31. The Kier molecular flexibility index (Phi) is 10.2. The van der Waals surface area contributed by atoms with E-state index in [9.17, 15) is 10.2 Å². The molecule has 3 rings (SSSR count). The SMILES string of the molecule is C[C@H]1[C@@H]([C@@H](C)CO[Si](C)(C)C(C)(C)C)O[C@@H](c2ccccc2)O[C@H]1[C@](C)(O)C[C@@H](C)C1=NO[C@@H]([C@@H](C)O)[C@H]1C.